The van der Waals surface area contributed by atoms with Crippen LogP contribution in [0.3, 0.4) is 0 Å². The molecule has 0 fully saturated rings. The first-order valence-electron chi connectivity index (χ1n) is 8.83. The smallest absolute Gasteiger partial charge is 0.455 e. The van der Waals surface area contributed by atoms with E-state index in [1.807, 2.05) is 0 Å². The summed E-state index contributed by atoms with van der Waals surface area (Å²) in [6.45, 7) is 0. The number of nitrogens with one attached hydrogen (secondary N) is 3. The zero-order chi connectivity index (χ0) is 22.9. The van der Waals surface area contributed by atoms with Crippen molar-refractivity contribution in [2.75, 3.05) is 4.72 Å². The van der Waals surface area contributed by atoms with Crippen LogP contribution in [0.25, 0.3) is 11.2 Å². The first kappa shape index (κ1) is 21.2. The summed E-state index contributed by atoms with van der Waals surface area (Å²) in [4.78, 5) is 20.1. The largest absolute Gasteiger partial charge is 0.573 e. The van der Waals surface area contributed by atoms with Gasteiger partial charge in [-0.3, -0.25) is 9.71 Å². The lowest BCUT2D eigenvalue weighted by molar-refractivity contribution is -0.274. The van der Waals surface area contributed by atoms with E-state index >= 15 is 0 Å². The van der Waals surface area contributed by atoms with E-state index in [0.717, 1.165) is 24.3 Å². The number of sulfonamides is 1. The minimum Gasteiger partial charge on any atom is -0.455 e. The summed E-state index contributed by atoms with van der Waals surface area (Å²) in [7, 11) is -4.23. The average molecular weight is 466 g/mol. The maximum atomic E-state index is 12.6. The second-order valence-electron chi connectivity index (χ2n) is 6.37. The van der Waals surface area contributed by atoms with Crippen LogP contribution in [0.1, 0.15) is 0 Å². The zero-order valence-electron chi connectivity index (χ0n) is 15.8. The molecule has 13 heteroatoms. The lowest BCUT2D eigenvalue weighted by Gasteiger charge is -2.12. The number of H-pyrrole nitrogens is 2. The second kappa shape index (κ2) is 7.92. The highest BCUT2D eigenvalue weighted by Crippen LogP contribution is 2.29. The van der Waals surface area contributed by atoms with E-state index in [9.17, 15) is 26.4 Å². The SMILES string of the molecule is O=c1[nH]c2nccc(Oc3cccc(NS(=O)(=O)c4cccc(OC(F)(F)F)c4)c3)c2[nH]1. The van der Waals surface area contributed by atoms with Crippen LogP contribution in [0.15, 0.2) is 70.5 Å². The van der Waals surface area contributed by atoms with Crippen LogP contribution in [0.5, 0.6) is 17.2 Å². The van der Waals surface area contributed by atoms with Crippen molar-refractivity contribution in [1.82, 2.24) is 15.0 Å². The van der Waals surface area contributed by atoms with Gasteiger partial charge in [0.25, 0.3) is 10.0 Å². The van der Waals surface area contributed by atoms with Crippen molar-refractivity contribution in [3.8, 4) is 17.2 Å². The Hall–Kier alpha value is -4.00. The van der Waals surface area contributed by atoms with Crippen LogP contribution in [0, 0.1) is 0 Å². The molecule has 166 valence electrons. The number of benzene rings is 2. The Morgan fingerprint density at radius 2 is 1.72 bits per heavy atom. The number of hydrogen-bond acceptors (Lipinski definition) is 6. The summed E-state index contributed by atoms with van der Waals surface area (Å²) in [6, 6.07) is 11.4. The van der Waals surface area contributed by atoms with E-state index in [4.69, 9.17) is 4.74 Å². The fourth-order valence-electron chi connectivity index (χ4n) is 2.80. The lowest BCUT2D eigenvalue weighted by Crippen LogP contribution is -2.18. The maximum Gasteiger partial charge on any atom is 0.573 e. The van der Waals surface area contributed by atoms with Crippen molar-refractivity contribution in [1.29, 1.82) is 0 Å². The third kappa shape index (κ3) is 4.83. The lowest BCUT2D eigenvalue weighted by atomic mass is 10.3. The molecule has 4 aromatic rings. The molecule has 2 aromatic heterocycles. The van der Waals surface area contributed by atoms with Crippen LogP contribution in [0.4, 0.5) is 18.9 Å². The minimum atomic E-state index is -4.95. The predicted molar refractivity (Wildman–Crippen MR) is 107 cm³/mol. The van der Waals surface area contributed by atoms with E-state index in [1.54, 1.807) is 6.07 Å². The first-order chi connectivity index (χ1) is 15.1. The number of halogens is 3. The van der Waals surface area contributed by atoms with Crippen molar-refractivity contribution in [3.05, 3.63) is 71.3 Å². The number of alkyl halides is 3. The van der Waals surface area contributed by atoms with E-state index in [2.05, 4.69) is 24.4 Å². The van der Waals surface area contributed by atoms with Gasteiger partial charge < -0.3 is 14.5 Å². The summed E-state index contributed by atoms with van der Waals surface area (Å²) in [5.74, 6) is -0.168. The standard InChI is InChI=1S/C19H13F3N4O5S/c20-19(21,22)31-13-5-2-6-14(10-13)32(28,29)26-11-3-1-4-12(9-11)30-15-7-8-23-17-16(15)24-18(27)25-17/h1-10,26H,(H2,23,24,25,27). The quantitative estimate of drug-likeness (QED) is 0.397. The summed E-state index contributed by atoms with van der Waals surface area (Å²) in [6.07, 6.45) is -3.53. The van der Waals surface area contributed by atoms with Crippen molar-refractivity contribution in [2.24, 2.45) is 0 Å². The molecule has 4 rings (SSSR count). The van der Waals surface area contributed by atoms with E-state index in [0.29, 0.717) is 5.52 Å². The van der Waals surface area contributed by atoms with E-state index in [1.165, 1.54) is 30.5 Å². The van der Waals surface area contributed by atoms with Crippen LogP contribution in [0.2, 0.25) is 0 Å². The Morgan fingerprint density at radius 3 is 2.50 bits per heavy atom. The molecular weight excluding hydrogens is 453 g/mol. The Kier molecular flexibility index (Phi) is 5.26. The molecule has 32 heavy (non-hydrogen) atoms. The van der Waals surface area contributed by atoms with E-state index < -0.39 is 32.7 Å². The minimum absolute atomic E-state index is 0.0949. The maximum absolute atomic E-state index is 12.6. The van der Waals surface area contributed by atoms with Crippen LogP contribution in [-0.2, 0) is 10.0 Å². The molecule has 0 radical (unpaired) electrons. The van der Waals surface area contributed by atoms with Crippen molar-refractivity contribution in [2.45, 2.75) is 11.3 Å². The second-order valence-corrected chi connectivity index (χ2v) is 8.05. The first-order valence-corrected chi connectivity index (χ1v) is 10.3. The Bertz CT molecular complexity index is 1450. The fraction of sp³-hybridized carbons (Fsp3) is 0.0526. The number of aromatic amines is 2. The summed E-state index contributed by atoms with van der Waals surface area (Å²) in [5, 5.41) is 0. The highest BCUT2D eigenvalue weighted by molar-refractivity contribution is 7.92. The Labute approximate surface area is 177 Å². The number of ether oxygens (including phenoxy) is 2. The molecule has 0 amide bonds. The van der Waals surface area contributed by atoms with Gasteiger partial charge in [0.05, 0.1) is 10.6 Å². The molecule has 0 unspecified atom stereocenters. The molecule has 0 aliphatic carbocycles. The normalized spacial score (nSPS) is 12.0. The van der Waals surface area contributed by atoms with Gasteiger partial charge in [0.1, 0.15) is 17.0 Å². The van der Waals surface area contributed by atoms with Gasteiger partial charge in [-0.2, -0.15) is 0 Å². The number of aromatic nitrogens is 3. The number of rotatable bonds is 6. The number of fused-ring (bicyclic) bond motifs is 1. The molecular formula is C19H13F3N4O5S. The zero-order valence-corrected chi connectivity index (χ0v) is 16.6. The Balaban J connectivity index is 1.57. The van der Waals surface area contributed by atoms with Gasteiger partial charge in [-0.05, 0) is 24.3 Å². The van der Waals surface area contributed by atoms with E-state index in [-0.39, 0.29) is 22.8 Å². The van der Waals surface area contributed by atoms with Gasteiger partial charge >= 0.3 is 12.1 Å². The molecule has 0 bridgehead atoms. The van der Waals surface area contributed by atoms with Crippen molar-refractivity contribution >= 4 is 26.9 Å². The molecule has 2 heterocycles. The molecule has 0 saturated heterocycles. The topological polar surface area (TPSA) is 126 Å². The molecule has 0 saturated carbocycles. The number of anilines is 1. The van der Waals surface area contributed by atoms with Crippen molar-refractivity contribution < 1.29 is 31.1 Å². The van der Waals surface area contributed by atoms with Gasteiger partial charge in [-0.15, -0.1) is 13.2 Å². The van der Waals surface area contributed by atoms with Crippen LogP contribution < -0.4 is 19.9 Å². The molecule has 3 N–H and O–H groups in total. The molecule has 2 aromatic carbocycles. The average Bonchev–Trinajstić information content (AvgIpc) is 3.08. The van der Waals surface area contributed by atoms with Gasteiger partial charge in [0, 0.05) is 24.4 Å². The third-order valence-corrected chi connectivity index (χ3v) is 5.43. The molecule has 9 nitrogen and oxygen atoms in total. The Morgan fingerprint density at radius 1 is 0.969 bits per heavy atom. The van der Waals surface area contributed by atoms with Crippen molar-refractivity contribution in [3.63, 3.8) is 0 Å². The predicted octanol–water partition coefficient (Wildman–Crippen LogP) is 3.74. The van der Waals surface area contributed by atoms with Crippen LogP contribution >= 0.6 is 0 Å². The number of imidazole rings is 1. The third-order valence-electron chi connectivity index (χ3n) is 4.05. The summed E-state index contributed by atoms with van der Waals surface area (Å²) >= 11 is 0. The van der Waals surface area contributed by atoms with Gasteiger partial charge in [-0.25, -0.2) is 18.2 Å². The monoisotopic (exact) mass is 466 g/mol. The van der Waals surface area contributed by atoms with Gasteiger partial charge in [0.2, 0.25) is 0 Å². The number of nitrogens with zero attached hydrogens (tertiary/aromatic N) is 1. The highest BCUT2D eigenvalue weighted by Gasteiger charge is 2.31. The molecule has 0 aliphatic heterocycles. The van der Waals surface area contributed by atoms with Gasteiger partial charge in [0.15, 0.2) is 11.4 Å². The summed E-state index contributed by atoms with van der Waals surface area (Å²) in [5.41, 5.74) is 0.231. The van der Waals surface area contributed by atoms with Crippen LogP contribution in [-0.4, -0.2) is 29.7 Å². The molecule has 0 atom stereocenters. The number of hydrogen-bond donors (Lipinski definition) is 3. The molecule has 0 spiro atoms. The highest BCUT2D eigenvalue weighted by atomic mass is 32.2. The number of pyridine rings is 1. The fourth-order valence-corrected chi connectivity index (χ4v) is 3.88. The summed E-state index contributed by atoms with van der Waals surface area (Å²) < 4.78 is 74.3. The van der Waals surface area contributed by atoms with Gasteiger partial charge in [-0.1, -0.05) is 12.1 Å². The molecule has 0 aliphatic rings.